The van der Waals surface area contributed by atoms with Crippen LogP contribution in [0, 0.1) is 5.92 Å². The molecule has 0 heterocycles. The van der Waals surface area contributed by atoms with E-state index in [0.717, 1.165) is 5.92 Å². The highest BCUT2D eigenvalue weighted by molar-refractivity contribution is 5.07. The van der Waals surface area contributed by atoms with Crippen LogP contribution in [-0.2, 0) is 0 Å². The molecule has 0 unspecified atom stereocenters. The highest BCUT2D eigenvalue weighted by Crippen LogP contribution is 2.15. The van der Waals surface area contributed by atoms with Gasteiger partial charge in [-0.2, -0.15) is 0 Å². The van der Waals surface area contributed by atoms with Gasteiger partial charge in [0.25, 0.3) is 0 Å². The molecule has 0 fully saturated rings. The molecule has 0 radical (unpaired) electrons. The quantitative estimate of drug-likeness (QED) is 0.175. The summed E-state index contributed by atoms with van der Waals surface area (Å²) in [6.07, 6.45) is 25.6. The smallest absolute Gasteiger partial charge is 0.0288 e. The maximum absolute atomic E-state index is 2.46. The number of hydrogen-bond acceptors (Lipinski definition) is 0. The van der Waals surface area contributed by atoms with E-state index in [2.05, 4.69) is 85.8 Å². The monoisotopic (exact) mass is 412 g/mol. The Labute approximate surface area is 190 Å². The molecule has 30 heavy (non-hydrogen) atoms. The summed E-state index contributed by atoms with van der Waals surface area (Å²) < 4.78 is 0. The molecule has 0 aliphatic heterocycles. The second kappa shape index (κ2) is 18.5. The maximum Gasteiger partial charge on any atom is -0.0288 e. The molecule has 0 nitrogen and oxygen atoms in total. The Hall–Kier alpha value is -1.30. The van der Waals surface area contributed by atoms with Crippen LogP contribution in [0.5, 0.6) is 0 Å². The van der Waals surface area contributed by atoms with Crippen LogP contribution in [0.2, 0.25) is 0 Å². The SMILES string of the molecule is CC(C)=CCCC(C)=CCCC(C)=CCCC=C(C)CCC=C(C)CCCC(C)C. The molecule has 0 atom stereocenters. The average molecular weight is 413 g/mol. The van der Waals surface area contributed by atoms with Gasteiger partial charge >= 0.3 is 0 Å². The van der Waals surface area contributed by atoms with Gasteiger partial charge in [0, 0.05) is 0 Å². The van der Waals surface area contributed by atoms with Crippen LogP contribution in [0.15, 0.2) is 58.2 Å². The summed E-state index contributed by atoms with van der Waals surface area (Å²) in [5.74, 6) is 0.832. The zero-order valence-corrected chi connectivity index (χ0v) is 21.7. The molecular formula is C30H52. The molecule has 0 heteroatoms. The van der Waals surface area contributed by atoms with E-state index in [-0.39, 0.29) is 0 Å². The van der Waals surface area contributed by atoms with Crippen molar-refractivity contribution in [2.75, 3.05) is 0 Å². The van der Waals surface area contributed by atoms with Crippen LogP contribution in [-0.4, -0.2) is 0 Å². The lowest BCUT2D eigenvalue weighted by molar-refractivity contribution is 0.554. The fourth-order valence-electron chi connectivity index (χ4n) is 3.54. The van der Waals surface area contributed by atoms with Gasteiger partial charge in [0.2, 0.25) is 0 Å². The van der Waals surface area contributed by atoms with E-state index in [0.29, 0.717) is 0 Å². The van der Waals surface area contributed by atoms with Crippen molar-refractivity contribution < 1.29 is 0 Å². The summed E-state index contributed by atoms with van der Waals surface area (Å²) >= 11 is 0. The van der Waals surface area contributed by atoms with E-state index in [1.807, 2.05) is 0 Å². The summed E-state index contributed by atoms with van der Waals surface area (Å²) in [5.41, 5.74) is 7.61. The van der Waals surface area contributed by atoms with Gasteiger partial charge < -0.3 is 0 Å². The molecule has 0 aliphatic rings. The number of rotatable bonds is 16. The Morgan fingerprint density at radius 1 is 0.500 bits per heavy atom. The molecule has 0 N–H and O–H groups in total. The Morgan fingerprint density at radius 3 is 1.27 bits per heavy atom. The third-order valence-corrected chi connectivity index (χ3v) is 5.66. The predicted molar refractivity (Wildman–Crippen MR) is 140 cm³/mol. The van der Waals surface area contributed by atoms with Crippen molar-refractivity contribution in [2.24, 2.45) is 5.92 Å². The highest BCUT2D eigenvalue weighted by Gasteiger charge is 1.96. The zero-order chi connectivity index (χ0) is 22.8. The first-order valence-corrected chi connectivity index (χ1v) is 12.5. The van der Waals surface area contributed by atoms with Gasteiger partial charge in [-0.3, -0.25) is 0 Å². The van der Waals surface area contributed by atoms with Gasteiger partial charge in [-0.15, -0.1) is 0 Å². The second-order valence-corrected chi connectivity index (χ2v) is 9.96. The molecule has 0 aromatic rings. The molecule has 0 saturated carbocycles. The van der Waals surface area contributed by atoms with Crippen molar-refractivity contribution in [3.8, 4) is 0 Å². The highest BCUT2D eigenvalue weighted by atomic mass is 14.0. The molecule has 0 aliphatic carbocycles. The van der Waals surface area contributed by atoms with E-state index in [4.69, 9.17) is 0 Å². The Morgan fingerprint density at radius 2 is 0.867 bits per heavy atom. The molecular weight excluding hydrogens is 360 g/mol. The largest absolute Gasteiger partial charge is 0.0856 e. The van der Waals surface area contributed by atoms with Crippen LogP contribution in [0.25, 0.3) is 0 Å². The van der Waals surface area contributed by atoms with Crippen LogP contribution in [0.3, 0.4) is 0 Å². The van der Waals surface area contributed by atoms with Gasteiger partial charge in [0.05, 0.1) is 0 Å². The first-order valence-electron chi connectivity index (χ1n) is 12.5. The Bertz CT molecular complexity index is 586. The normalized spacial score (nSPS) is 13.9. The molecule has 172 valence electrons. The summed E-state index contributed by atoms with van der Waals surface area (Å²) in [6.45, 7) is 18.1. The Balaban J connectivity index is 4.01. The second-order valence-electron chi connectivity index (χ2n) is 9.96. The van der Waals surface area contributed by atoms with Crippen LogP contribution in [0.4, 0.5) is 0 Å². The van der Waals surface area contributed by atoms with Gasteiger partial charge in [0.15, 0.2) is 0 Å². The van der Waals surface area contributed by atoms with Gasteiger partial charge in [-0.25, -0.2) is 0 Å². The lowest BCUT2D eigenvalue weighted by Crippen LogP contribution is -1.87. The summed E-state index contributed by atoms with van der Waals surface area (Å²) in [7, 11) is 0. The lowest BCUT2D eigenvalue weighted by Gasteiger charge is -2.05. The van der Waals surface area contributed by atoms with Crippen molar-refractivity contribution in [1.82, 2.24) is 0 Å². The fourth-order valence-corrected chi connectivity index (χ4v) is 3.54. The molecule has 0 aromatic heterocycles. The van der Waals surface area contributed by atoms with Crippen molar-refractivity contribution in [3.05, 3.63) is 58.2 Å². The maximum atomic E-state index is 2.46. The third-order valence-electron chi connectivity index (χ3n) is 5.66. The van der Waals surface area contributed by atoms with Crippen molar-refractivity contribution in [1.29, 1.82) is 0 Å². The number of hydrogen-bond donors (Lipinski definition) is 0. The standard InChI is InChI=1S/C30H52/c1-25(2)15-11-19-29(7)23-13-21-27(5)17-9-10-18-28(6)22-14-24-30(8)20-12-16-26(3)4/h15,17-18,23-24,26H,9-14,16,19-22H2,1-8H3. The van der Waals surface area contributed by atoms with E-state index in [1.54, 1.807) is 11.1 Å². The Kier molecular flexibility index (Phi) is 17.7. The first-order chi connectivity index (χ1) is 14.2. The fraction of sp³-hybridized carbons (Fsp3) is 0.667. The van der Waals surface area contributed by atoms with Gasteiger partial charge in [-0.1, -0.05) is 78.5 Å². The predicted octanol–water partition coefficient (Wildman–Crippen LogP) is 10.7. The van der Waals surface area contributed by atoms with Crippen molar-refractivity contribution in [2.45, 2.75) is 126 Å². The van der Waals surface area contributed by atoms with E-state index in [1.165, 1.54) is 87.3 Å². The first kappa shape index (κ1) is 28.7. The minimum atomic E-state index is 0.832. The zero-order valence-electron chi connectivity index (χ0n) is 21.7. The minimum absolute atomic E-state index is 0.832. The molecule has 0 bridgehead atoms. The van der Waals surface area contributed by atoms with Crippen LogP contribution < -0.4 is 0 Å². The molecule has 0 saturated heterocycles. The molecule has 0 amide bonds. The summed E-state index contributed by atoms with van der Waals surface area (Å²) in [5, 5.41) is 0. The van der Waals surface area contributed by atoms with Crippen molar-refractivity contribution in [3.63, 3.8) is 0 Å². The summed E-state index contributed by atoms with van der Waals surface area (Å²) in [4.78, 5) is 0. The number of unbranched alkanes of at least 4 members (excludes halogenated alkanes) is 1. The molecule has 0 aromatic carbocycles. The van der Waals surface area contributed by atoms with Crippen LogP contribution >= 0.6 is 0 Å². The summed E-state index contributed by atoms with van der Waals surface area (Å²) in [6, 6.07) is 0. The van der Waals surface area contributed by atoms with E-state index in [9.17, 15) is 0 Å². The average Bonchev–Trinajstić information content (AvgIpc) is 2.64. The van der Waals surface area contributed by atoms with E-state index >= 15 is 0 Å². The van der Waals surface area contributed by atoms with Crippen molar-refractivity contribution >= 4 is 0 Å². The number of allylic oxidation sites excluding steroid dienone is 10. The molecule has 0 rings (SSSR count). The minimum Gasteiger partial charge on any atom is -0.0856 e. The topological polar surface area (TPSA) is 0 Å². The van der Waals surface area contributed by atoms with Crippen LogP contribution in [0.1, 0.15) is 126 Å². The van der Waals surface area contributed by atoms with Gasteiger partial charge in [0.1, 0.15) is 0 Å². The van der Waals surface area contributed by atoms with E-state index < -0.39 is 0 Å². The molecule has 0 spiro atoms. The lowest BCUT2D eigenvalue weighted by atomic mass is 10.0. The third kappa shape index (κ3) is 20.0. The van der Waals surface area contributed by atoms with Gasteiger partial charge in [-0.05, 0) is 112 Å².